The molecule has 1 heterocycles. The first-order valence-electron chi connectivity index (χ1n) is 5.25. The lowest BCUT2D eigenvalue weighted by Crippen LogP contribution is -2.13. The summed E-state index contributed by atoms with van der Waals surface area (Å²) in [6.45, 7) is 1.72. The average Bonchev–Trinajstić information content (AvgIpc) is 2.33. The molecule has 0 spiro atoms. The van der Waals surface area contributed by atoms with Crippen LogP contribution in [0.2, 0.25) is 5.02 Å². The van der Waals surface area contributed by atoms with Crippen LogP contribution in [0.25, 0.3) is 0 Å². The molecule has 2 aromatic rings. The zero-order valence-corrected chi connectivity index (χ0v) is 10.3. The number of benzene rings is 1. The number of nitrogens with one attached hydrogen (secondary N) is 1. The van der Waals surface area contributed by atoms with Crippen molar-refractivity contribution in [2.45, 2.75) is 6.92 Å². The van der Waals surface area contributed by atoms with Crippen LogP contribution < -0.4 is 5.32 Å². The highest BCUT2D eigenvalue weighted by atomic mass is 35.5. The molecule has 0 unspecified atom stereocenters. The molecule has 0 saturated heterocycles. The maximum absolute atomic E-state index is 12.9. The fraction of sp³-hybridized carbons (Fsp3) is 0.0769. The van der Waals surface area contributed by atoms with Gasteiger partial charge >= 0.3 is 0 Å². The number of aromatic nitrogens is 1. The van der Waals surface area contributed by atoms with Crippen molar-refractivity contribution in [1.82, 2.24) is 4.98 Å². The van der Waals surface area contributed by atoms with Crippen molar-refractivity contribution in [1.29, 1.82) is 0 Å². The van der Waals surface area contributed by atoms with Gasteiger partial charge in [-0.25, -0.2) is 4.39 Å². The Balaban J connectivity index is 2.24. The second kappa shape index (κ2) is 5.14. The number of halogens is 2. The van der Waals surface area contributed by atoms with Gasteiger partial charge in [0, 0.05) is 18.1 Å². The first-order valence-corrected chi connectivity index (χ1v) is 5.63. The van der Waals surface area contributed by atoms with Crippen molar-refractivity contribution in [2.24, 2.45) is 0 Å². The quantitative estimate of drug-likeness (QED) is 0.903. The molecule has 5 heteroatoms. The van der Waals surface area contributed by atoms with Gasteiger partial charge in [0.15, 0.2) is 0 Å². The molecule has 0 fully saturated rings. The molecule has 0 aliphatic heterocycles. The van der Waals surface area contributed by atoms with Crippen LogP contribution in [-0.4, -0.2) is 10.9 Å². The smallest absolute Gasteiger partial charge is 0.257 e. The third kappa shape index (κ3) is 2.65. The molecule has 2 rings (SSSR count). The maximum atomic E-state index is 12.9. The Kier molecular flexibility index (Phi) is 3.58. The summed E-state index contributed by atoms with van der Waals surface area (Å²) >= 11 is 5.87. The lowest BCUT2D eigenvalue weighted by Gasteiger charge is -2.09. The fourth-order valence-corrected chi connectivity index (χ4v) is 1.72. The van der Waals surface area contributed by atoms with Crippen LogP contribution in [0.3, 0.4) is 0 Å². The summed E-state index contributed by atoms with van der Waals surface area (Å²) in [7, 11) is 0. The van der Waals surface area contributed by atoms with E-state index in [9.17, 15) is 9.18 Å². The van der Waals surface area contributed by atoms with Gasteiger partial charge in [0.05, 0.1) is 10.6 Å². The molecule has 0 aliphatic carbocycles. The fourth-order valence-electron chi connectivity index (χ4n) is 1.52. The molecular weight excluding hydrogens is 255 g/mol. The standard InChI is InChI=1S/C13H10ClFN2O/c1-8-6-9(15)2-3-12(8)17-13(18)10-4-5-16-7-11(10)14/h2-7H,1H3,(H,17,18). The Hall–Kier alpha value is -1.94. The predicted molar refractivity (Wildman–Crippen MR) is 68.3 cm³/mol. The zero-order valence-electron chi connectivity index (χ0n) is 9.58. The number of nitrogens with zero attached hydrogens (tertiary/aromatic N) is 1. The number of rotatable bonds is 2. The van der Waals surface area contributed by atoms with Gasteiger partial charge in [-0.15, -0.1) is 0 Å². The number of amides is 1. The first-order chi connectivity index (χ1) is 8.58. The van der Waals surface area contributed by atoms with E-state index in [1.165, 1.54) is 36.7 Å². The van der Waals surface area contributed by atoms with E-state index in [1.54, 1.807) is 6.92 Å². The third-order valence-electron chi connectivity index (χ3n) is 2.45. The highest BCUT2D eigenvalue weighted by Crippen LogP contribution is 2.19. The minimum atomic E-state index is -0.350. The molecule has 1 aromatic carbocycles. The lowest BCUT2D eigenvalue weighted by molar-refractivity contribution is 0.102. The van der Waals surface area contributed by atoms with E-state index in [0.717, 1.165) is 0 Å². The van der Waals surface area contributed by atoms with Crippen molar-refractivity contribution < 1.29 is 9.18 Å². The summed E-state index contributed by atoms with van der Waals surface area (Å²) in [4.78, 5) is 15.8. The van der Waals surface area contributed by atoms with E-state index in [4.69, 9.17) is 11.6 Å². The van der Waals surface area contributed by atoms with Crippen LogP contribution in [0, 0.1) is 12.7 Å². The number of aryl methyl sites for hydroxylation is 1. The van der Waals surface area contributed by atoms with Crippen LogP contribution in [0.5, 0.6) is 0 Å². The van der Waals surface area contributed by atoms with Crippen molar-refractivity contribution >= 4 is 23.2 Å². The minimum absolute atomic E-state index is 0.273. The number of anilines is 1. The molecule has 1 amide bonds. The monoisotopic (exact) mass is 264 g/mol. The summed E-state index contributed by atoms with van der Waals surface area (Å²) < 4.78 is 12.9. The summed E-state index contributed by atoms with van der Waals surface area (Å²) in [5.41, 5.74) is 1.53. The van der Waals surface area contributed by atoms with Gasteiger partial charge < -0.3 is 5.32 Å². The number of pyridine rings is 1. The third-order valence-corrected chi connectivity index (χ3v) is 2.75. The maximum Gasteiger partial charge on any atom is 0.257 e. The zero-order chi connectivity index (χ0) is 13.1. The van der Waals surface area contributed by atoms with Crippen LogP contribution in [0.1, 0.15) is 15.9 Å². The van der Waals surface area contributed by atoms with Gasteiger partial charge in [-0.05, 0) is 36.8 Å². The minimum Gasteiger partial charge on any atom is -0.322 e. The second-order valence-corrected chi connectivity index (χ2v) is 4.18. The SMILES string of the molecule is Cc1cc(F)ccc1NC(=O)c1ccncc1Cl. The molecule has 0 atom stereocenters. The molecule has 1 aromatic heterocycles. The predicted octanol–water partition coefficient (Wildman–Crippen LogP) is 3.43. The molecule has 18 heavy (non-hydrogen) atoms. The largest absolute Gasteiger partial charge is 0.322 e. The van der Waals surface area contributed by atoms with Gasteiger partial charge in [0.1, 0.15) is 5.82 Å². The molecule has 0 bridgehead atoms. The molecule has 0 saturated carbocycles. The molecule has 92 valence electrons. The molecule has 0 aliphatic rings. The number of hydrogen-bond donors (Lipinski definition) is 1. The highest BCUT2D eigenvalue weighted by molar-refractivity contribution is 6.34. The Morgan fingerprint density at radius 2 is 2.17 bits per heavy atom. The van der Waals surface area contributed by atoms with Gasteiger partial charge in [0.25, 0.3) is 5.91 Å². The first kappa shape index (κ1) is 12.5. The van der Waals surface area contributed by atoms with Crippen molar-refractivity contribution in [3.05, 3.63) is 58.6 Å². The number of hydrogen-bond acceptors (Lipinski definition) is 2. The van der Waals surface area contributed by atoms with E-state index in [0.29, 0.717) is 16.8 Å². The van der Waals surface area contributed by atoms with Gasteiger partial charge in [0.2, 0.25) is 0 Å². The topological polar surface area (TPSA) is 42.0 Å². The van der Waals surface area contributed by atoms with Gasteiger partial charge in [-0.1, -0.05) is 11.6 Å². The molecule has 3 nitrogen and oxygen atoms in total. The second-order valence-electron chi connectivity index (χ2n) is 3.77. The number of carbonyl (C=O) groups is 1. The van der Waals surface area contributed by atoms with E-state index in [1.807, 2.05) is 0 Å². The average molecular weight is 265 g/mol. The number of carbonyl (C=O) groups excluding carboxylic acids is 1. The van der Waals surface area contributed by atoms with Crippen LogP contribution >= 0.6 is 11.6 Å². The normalized spacial score (nSPS) is 10.2. The summed E-state index contributed by atoms with van der Waals surface area (Å²) in [6, 6.07) is 5.68. The Labute approximate surface area is 109 Å². The van der Waals surface area contributed by atoms with E-state index >= 15 is 0 Å². The van der Waals surface area contributed by atoms with Crippen LogP contribution in [0.15, 0.2) is 36.7 Å². The lowest BCUT2D eigenvalue weighted by atomic mass is 10.2. The Bertz CT molecular complexity index is 601. The van der Waals surface area contributed by atoms with Crippen molar-refractivity contribution in [3.8, 4) is 0 Å². The summed E-state index contributed by atoms with van der Waals surface area (Å²) in [5.74, 6) is -0.690. The summed E-state index contributed by atoms with van der Waals surface area (Å²) in [6.07, 6.45) is 2.88. The van der Waals surface area contributed by atoms with Gasteiger partial charge in [-0.2, -0.15) is 0 Å². The van der Waals surface area contributed by atoms with E-state index in [-0.39, 0.29) is 16.7 Å². The van der Waals surface area contributed by atoms with Crippen molar-refractivity contribution in [2.75, 3.05) is 5.32 Å². The molecule has 1 N–H and O–H groups in total. The summed E-state index contributed by atoms with van der Waals surface area (Å²) in [5, 5.41) is 2.95. The Morgan fingerprint density at radius 1 is 1.39 bits per heavy atom. The Morgan fingerprint density at radius 3 is 2.83 bits per heavy atom. The van der Waals surface area contributed by atoms with E-state index in [2.05, 4.69) is 10.3 Å². The van der Waals surface area contributed by atoms with Crippen molar-refractivity contribution in [3.63, 3.8) is 0 Å². The highest BCUT2D eigenvalue weighted by Gasteiger charge is 2.11. The molecular formula is C13H10ClFN2O. The van der Waals surface area contributed by atoms with Gasteiger partial charge in [-0.3, -0.25) is 9.78 Å². The molecule has 0 radical (unpaired) electrons. The van der Waals surface area contributed by atoms with E-state index < -0.39 is 0 Å². The van der Waals surface area contributed by atoms with Crippen LogP contribution in [-0.2, 0) is 0 Å². The van der Waals surface area contributed by atoms with Crippen LogP contribution in [0.4, 0.5) is 10.1 Å².